The summed E-state index contributed by atoms with van der Waals surface area (Å²) in [4.78, 5) is 2.44. The van der Waals surface area contributed by atoms with E-state index in [2.05, 4.69) is 52.3 Å². The highest BCUT2D eigenvalue weighted by Crippen LogP contribution is 2.30. The lowest BCUT2D eigenvalue weighted by atomic mass is 9.93. The van der Waals surface area contributed by atoms with E-state index in [9.17, 15) is 0 Å². The van der Waals surface area contributed by atoms with Crippen LogP contribution in [0.25, 0.3) is 0 Å². The Morgan fingerprint density at radius 3 is 2.78 bits per heavy atom. The predicted molar refractivity (Wildman–Crippen MR) is 79.5 cm³/mol. The molecule has 4 heteroatoms. The first kappa shape index (κ1) is 13.7. The van der Waals surface area contributed by atoms with Gasteiger partial charge >= 0.3 is 0 Å². The second kappa shape index (κ2) is 5.93. The number of nitrogens with zero attached hydrogens (tertiary/aromatic N) is 1. The predicted octanol–water partition coefficient (Wildman–Crippen LogP) is 2.89. The van der Waals surface area contributed by atoms with Crippen LogP contribution in [-0.2, 0) is 0 Å². The topological polar surface area (TPSA) is 24.5 Å². The Labute approximate surface area is 118 Å². The van der Waals surface area contributed by atoms with E-state index in [1.54, 1.807) is 7.11 Å². The molecule has 0 radical (unpaired) electrons. The number of hydrogen-bond donors (Lipinski definition) is 1. The van der Waals surface area contributed by atoms with Crippen LogP contribution in [-0.4, -0.2) is 33.3 Å². The van der Waals surface area contributed by atoms with E-state index >= 15 is 0 Å². The fourth-order valence-corrected chi connectivity index (χ4v) is 3.12. The summed E-state index contributed by atoms with van der Waals surface area (Å²) in [6.45, 7) is 4.49. The number of methoxy groups -OCH3 is 1. The Hall–Kier alpha value is -0.740. The number of halogens is 1. The number of ether oxygens (including phenoxy) is 1. The number of rotatable bonds is 3. The molecule has 0 saturated carbocycles. The molecule has 2 atom stereocenters. The van der Waals surface area contributed by atoms with Crippen LogP contribution in [0.3, 0.4) is 0 Å². The summed E-state index contributed by atoms with van der Waals surface area (Å²) < 4.78 is 6.40. The lowest BCUT2D eigenvalue weighted by molar-refractivity contribution is 0.338. The Kier molecular flexibility index (Phi) is 4.51. The van der Waals surface area contributed by atoms with Gasteiger partial charge in [-0.3, -0.25) is 0 Å². The second-order valence-corrected chi connectivity index (χ2v) is 5.87. The van der Waals surface area contributed by atoms with Crippen LogP contribution in [0, 0.1) is 5.92 Å². The molecule has 0 amide bonds. The van der Waals surface area contributed by atoms with E-state index in [-0.39, 0.29) is 0 Å². The number of hydrogen-bond acceptors (Lipinski definition) is 3. The Balaban J connectivity index is 2.15. The molecule has 1 aromatic rings. The van der Waals surface area contributed by atoms with E-state index < -0.39 is 0 Å². The molecule has 1 aliphatic rings. The van der Waals surface area contributed by atoms with Gasteiger partial charge in [0, 0.05) is 35.4 Å². The Bertz CT molecular complexity index is 411. The fourth-order valence-electron chi connectivity index (χ4n) is 2.66. The summed E-state index contributed by atoms with van der Waals surface area (Å²) in [6, 6.07) is 6.90. The monoisotopic (exact) mass is 312 g/mol. The van der Waals surface area contributed by atoms with Crippen molar-refractivity contribution < 1.29 is 4.74 Å². The van der Waals surface area contributed by atoms with Gasteiger partial charge in [0.1, 0.15) is 5.75 Å². The van der Waals surface area contributed by atoms with Crippen molar-refractivity contribution in [3.63, 3.8) is 0 Å². The second-order valence-electron chi connectivity index (χ2n) is 4.96. The minimum Gasteiger partial charge on any atom is -0.497 e. The van der Waals surface area contributed by atoms with Crippen molar-refractivity contribution >= 4 is 21.6 Å². The van der Waals surface area contributed by atoms with Crippen molar-refractivity contribution in [3.05, 3.63) is 22.7 Å². The Morgan fingerprint density at radius 1 is 1.39 bits per heavy atom. The fraction of sp³-hybridized carbons (Fsp3) is 0.571. The zero-order valence-corrected chi connectivity index (χ0v) is 12.8. The third-order valence-electron chi connectivity index (χ3n) is 3.73. The van der Waals surface area contributed by atoms with Crippen molar-refractivity contribution in [1.82, 2.24) is 5.32 Å². The first-order valence-electron chi connectivity index (χ1n) is 6.41. The first-order valence-corrected chi connectivity index (χ1v) is 7.20. The highest BCUT2D eigenvalue weighted by atomic mass is 79.9. The molecule has 3 nitrogen and oxygen atoms in total. The maximum atomic E-state index is 5.33. The van der Waals surface area contributed by atoms with Gasteiger partial charge in [0.05, 0.1) is 7.11 Å². The van der Waals surface area contributed by atoms with Gasteiger partial charge in [-0.2, -0.15) is 0 Å². The molecular formula is C14H21BrN2O. The lowest BCUT2D eigenvalue weighted by Crippen LogP contribution is -2.47. The van der Waals surface area contributed by atoms with Crippen molar-refractivity contribution in [2.75, 3.05) is 32.1 Å². The zero-order valence-electron chi connectivity index (χ0n) is 11.2. The number of anilines is 1. The van der Waals surface area contributed by atoms with E-state index in [4.69, 9.17) is 4.74 Å². The molecule has 1 saturated heterocycles. The SMILES string of the molecule is CNC1CCN(c2cc(Br)cc(OC)c2)CC1C. The molecular weight excluding hydrogens is 292 g/mol. The highest BCUT2D eigenvalue weighted by molar-refractivity contribution is 9.10. The third-order valence-corrected chi connectivity index (χ3v) is 4.19. The molecule has 18 heavy (non-hydrogen) atoms. The maximum Gasteiger partial charge on any atom is 0.122 e. The van der Waals surface area contributed by atoms with Gasteiger partial charge < -0.3 is 15.0 Å². The van der Waals surface area contributed by atoms with Crippen LogP contribution in [0.15, 0.2) is 22.7 Å². The summed E-state index contributed by atoms with van der Waals surface area (Å²) >= 11 is 3.54. The number of piperidine rings is 1. The van der Waals surface area contributed by atoms with E-state index in [0.717, 1.165) is 23.3 Å². The Morgan fingerprint density at radius 2 is 2.17 bits per heavy atom. The molecule has 2 unspecified atom stereocenters. The lowest BCUT2D eigenvalue weighted by Gasteiger charge is -2.38. The standard InChI is InChI=1S/C14H21BrN2O/c1-10-9-17(5-4-14(10)16-2)12-6-11(15)7-13(8-12)18-3/h6-8,10,14,16H,4-5,9H2,1-3H3. The highest BCUT2D eigenvalue weighted by Gasteiger charge is 2.25. The summed E-state index contributed by atoms with van der Waals surface area (Å²) in [5, 5.41) is 3.40. The van der Waals surface area contributed by atoms with Crippen LogP contribution in [0.5, 0.6) is 5.75 Å². The van der Waals surface area contributed by atoms with E-state index in [1.807, 2.05) is 6.07 Å². The molecule has 0 spiro atoms. The van der Waals surface area contributed by atoms with Gasteiger partial charge in [-0.15, -0.1) is 0 Å². The minimum absolute atomic E-state index is 0.635. The minimum atomic E-state index is 0.635. The summed E-state index contributed by atoms with van der Waals surface area (Å²) in [6.07, 6.45) is 1.19. The molecule has 0 bridgehead atoms. The van der Waals surface area contributed by atoms with Crippen molar-refractivity contribution in [3.8, 4) is 5.75 Å². The van der Waals surface area contributed by atoms with Crippen molar-refractivity contribution in [2.24, 2.45) is 5.92 Å². The number of nitrogens with one attached hydrogen (secondary N) is 1. The average molecular weight is 313 g/mol. The summed E-state index contributed by atoms with van der Waals surface area (Å²) in [7, 11) is 3.76. The maximum absolute atomic E-state index is 5.33. The molecule has 0 aromatic heterocycles. The third kappa shape index (κ3) is 2.98. The van der Waals surface area contributed by atoms with Gasteiger partial charge in [-0.25, -0.2) is 0 Å². The molecule has 2 rings (SSSR count). The first-order chi connectivity index (χ1) is 8.63. The average Bonchev–Trinajstić information content (AvgIpc) is 2.37. The van der Waals surface area contributed by atoms with Crippen LogP contribution in [0.2, 0.25) is 0 Å². The van der Waals surface area contributed by atoms with Crippen LogP contribution >= 0.6 is 15.9 Å². The quantitative estimate of drug-likeness (QED) is 0.929. The molecule has 1 fully saturated rings. The summed E-state index contributed by atoms with van der Waals surface area (Å²) in [5.41, 5.74) is 1.24. The molecule has 0 aliphatic carbocycles. The largest absolute Gasteiger partial charge is 0.497 e. The normalized spacial score (nSPS) is 24.1. The van der Waals surface area contributed by atoms with Crippen molar-refractivity contribution in [1.29, 1.82) is 0 Å². The molecule has 1 N–H and O–H groups in total. The van der Waals surface area contributed by atoms with Gasteiger partial charge in [0.25, 0.3) is 0 Å². The molecule has 1 aromatic carbocycles. The summed E-state index contributed by atoms with van der Waals surface area (Å²) in [5.74, 6) is 1.57. The van der Waals surface area contributed by atoms with E-state index in [1.165, 1.54) is 12.1 Å². The van der Waals surface area contributed by atoms with Crippen molar-refractivity contribution in [2.45, 2.75) is 19.4 Å². The van der Waals surface area contributed by atoms with Crippen LogP contribution in [0.4, 0.5) is 5.69 Å². The van der Waals surface area contributed by atoms with E-state index in [0.29, 0.717) is 12.0 Å². The van der Waals surface area contributed by atoms with Crippen LogP contribution < -0.4 is 15.0 Å². The molecule has 100 valence electrons. The van der Waals surface area contributed by atoms with Gasteiger partial charge in [0.15, 0.2) is 0 Å². The molecule has 1 heterocycles. The van der Waals surface area contributed by atoms with Crippen LogP contribution in [0.1, 0.15) is 13.3 Å². The molecule has 1 aliphatic heterocycles. The number of benzene rings is 1. The van der Waals surface area contributed by atoms with Gasteiger partial charge in [-0.1, -0.05) is 22.9 Å². The smallest absolute Gasteiger partial charge is 0.122 e. The van der Waals surface area contributed by atoms with Gasteiger partial charge in [-0.05, 0) is 31.5 Å². The zero-order chi connectivity index (χ0) is 13.1. The van der Waals surface area contributed by atoms with Gasteiger partial charge in [0.2, 0.25) is 0 Å².